The molecule has 0 aliphatic carbocycles. The second kappa shape index (κ2) is 4.40. The zero-order chi connectivity index (χ0) is 9.68. The van der Waals surface area contributed by atoms with Gasteiger partial charge >= 0.3 is 0 Å². The molecule has 0 spiro atoms. The van der Waals surface area contributed by atoms with E-state index < -0.39 is 0 Å². The van der Waals surface area contributed by atoms with Gasteiger partial charge in [0.1, 0.15) is 0 Å². The SMILES string of the molecule is C=NOC(=N)c1ccc(CC)cc1. The lowest BCUT2D eigenvalue weighted by Crippen LogP contribution is -2.00. The van der Waals surface area contributed by atoms with Gasteiger partial charge < -0.3 is 4.84 Å². The molecule has 13 heavy (non-hydrogen) atoms. The van der Waals surface area contributed by atoms with E-state index in [1.165, 1.54) is 5.56 Å². The molecule has 0 aliphatic rings. The van der Waals surface area contributed by atoms with Crippen LogP contribution in [0.4, 0.5) is 0 Å². The van der Waals surface area contributed by atoms with Crippen LogP contribution in [-0.4, -0.2) is 12.6 Å². The van der Waals surface area contributed by atoms with Gasteiger partial charge in [-0.3, -0.25) is 5.41 Å². The van der Waals surface area contributed by atoms with Crippen LogP contribution < -0.4 is 0 Å². The predicted octanol–water partition coefficient (Wildman–Crippen LogP) is 2.21. The van der Waals surface area contributed by atoms with Gasteiger partial charge in [0.2, 0.25) is 5.90 Å². The van der Waals surface area contributed by atoms with Crippen molar-refractivity contribution >= 4 is 12.6 Å². The number of benzene rings is 1. The van der Waals surface area contributed by atoms with Crippen molar-refractivity contribution in [2.45, 2.75) is 13.3 Å². The van der Waals surface area contributed by atoms with E-state index in [9.17, 15) is 0 Å². The molecule has 0 heterocycles. The molecule has 1 aromatic carbocycles. The summed E-state index contributed by atoms with van der Waals surface area (Å²) in [6.07, 6.45) is 0.994. The normalized spacial score (nSPS) is 9.31. The number of aryl methyl sites for hydroxylation is 1. The maximum Gasteiger partial charge on any atom is 0.248 e. The Morgan fingerprint density at radius 2 is 2.08 bits per heavy atom. The topological polar surface area (TPSA) is 45.4 Å². The Hall–Kier alpha value is -1.64. The first-order valence-electron chi connectivity index (χ1n) is 4.08. The molecule has 3 nitrogen and oxygen atoms in total. The lowest BCUT2D eigenvalue weighted by atomic mass is 10.1. The molecule has 3 heteroatoms. The van der Waals surface area contributed by atoms with E-state index in [0.717, 1.165) is 6.42 Å². The second-order valence-electron chi connectivity index (χ2n) is 2.60. The summed E-state index contributed by atoms with van der Waals surface area (Å²) in [4.78, 5) is 4.60. The van der Waals surface area contributed by atoms with Crippen LogP contribution in [0.1, 0.15) is 18.1 Å². The summed E-state index contributed by atoms with van der Waals surface area (Å²) in [7, 11) is 0. The zero-order valence-electron chi connectivity index (χ0n) is 7.58. The molecule has 0 amide bonds. The fourth-order valence-electron chi connectivity index (χ4n) is 1.01. The standard InChI is InChI=1S/C10H12N2O/c1-3-8-4-6-9(7-5-8)10(11)13-12-2/h4-7,11H,2-3H2,1H3. The minimum Gasteiger partial charge on any atom is -0.337 e. The predicted molar refractivity (Wildman–Crippen MR) is 53.3 cm³/mol. The van der Waals surface area contributed by atoms with E-state index in [2.05, 4.69) is 23.6 Å². The lowest BCUT2D eigenvalue weighted by Gasteiger charge is -2.01. The van der Waals surface area contributed by atoms with Crippen LogP contribution in [-0.2, 0) is 11.3 Å². The van der Waals surface area contributed by atoms with Crippen molar-refractivity contribution in [2.24, 2.45) is 5.16 Å². The Bertz CT molecular complexity index is 303. The van der Waals surface area contributed by atoms with Gasteiger partial charge in [-0.15, -0.1) is 0 Å². The van der Waals surface area contributed by atoms with Crippen LogP contribution in [0.2, 0.25) is 0 Å². The van der Waals surface area contributed by atoms with Gasteiger partial charge in [-0.25, -0.2) is 0 Å². The highest BCUT2D eigenvalue weighted by molar-refractivity contribution is 5.91. The van der Waals surface area contributed by atoms with Gasteiger partial charge in [0.25, 0.3) is 0 Å². The smallest absolute Gasteiger partial charge is 0.248 e. The van der Waals surface area contributed by atoms with Gasteiger partial charge in [-0.2, -0.15) is 0 Å². The summed E-state index contributed by atoms with van der Waals surface area (Å²) >= 11 is 0. The number of rotatable bonds is 3. The highest BCUT2D eigenvalue weighted by Crippen LogP contribution is 2.06. The number of hydrogen-bond acceptors (Lipinski definition) is 3. The van der Waals surface area contributed by atoms with E-state index in [1.807, 2.05) is 24.3 Å². The Balaban J connectivity index is 2.79. The lowest BCUT2D eigenvalue weighted by molar-refractivity contribution is 0.330. The van der Waals surface area contributed by atoms with E-state index >= 15 is 0 Å². The summed E-state index contributed by atoms with van der Waals surface area (Å²) in [5.41, 5.74) is 1.95. The maximum absolute atomic E-state index is 7.40. The summed E-state index contributed by atoms with van der Waals surface area (Å²) < 4.78 is 0. The summed E-state index contributed by atoms with van der Waals surface area (Å²) in [5.74, 6) is 0.0256. The van der Waals surface area contributed by atoms with Gasteiger partial charge in [0.15, 0.2) is 0 Å². The third-order valence-electron chi connectivity index (χ3n) is 1.78. The van der Waals surface area contributed by atoms with E-state index in [4.69, 9.17) is 5.41 Å². The quantitative estimate of drug-likeness (QED) is 0.428. The molecule has 0 fully saturated rings. The highest BCUT2D eigenvalue weighted by Gasteiger charge is 2.00. The molecule has 1 aromatic rings. The summed E-state index contributed by atoms with van der Waals surface area (Å²) in [6, 6.07) is 7.62. The molecule has 0 aromatic heterocycles. The van der Waals surface area contributed by atoms with E-state index in [-0.39, 0.29) is 5.90 Å². The Morgan fingerprint density at radius 3 is 2.54 bits per heavy atom. The largest absolute Gasteiger partial charge is 0.337 e. The van der Waals surface area contributed by atoms with Crippen molar-refractivity contribution in [3.8, 4) is 0 Å². The van der Waals surface area contributed by atoms with Crippen molar-refractivity contribution in [3.63, 3.8) is 0 Å². The van der Waals surface area contributed by atoms with Crippen LogP contribution in [0.15, 0.2) is 29.4 Å². The van der Waals surface area contributed by atoms with Gasteiger partial charge in [-0.05, 0) is 24.1 Å². The Labute approximate surface area is 77.5 Å². The maximum atomic E-state index is 7.40. The van der Waals surface area contributed by atoms with Crippen molar-refractivity contribution in [2.75, 3.05) is 0 Å². The highest BCUT2D eigenvalue weighted by atomic mass is 16.6. The Morgan fingerprint density at radius 1 is 1.46 bits per heavy atom. The first-order chi connectivity index (χ1) is 6.27. The zero-order valence-corrected chi connectivity index (χ0v) is 7.58. The molecule has 0 bridgehead atoms. The average Bonchev–Trinajstić information content (AvgIpc) is 2.18. The van der Waals surface area contributed by atoms with E-state index in [0.29, 0.717) is 5.56 Å². The monoisotopic (exact) mass is 176 g/mol. The molecular weight excluding hydrogens is 164 g/mol. The third kappa shape index (κ3) is 2.40. The number of hydrogen-bond donors (Lipinski definition) is 1. The molecule has 1 rings (SSSR count). The van der Waals surface area contributed by atoms with Crippen molar-refractivity contribution in [1.82, 2.24) is 0 Å². The first kappa shape index (κ1) is 9.45. The number of oxime groups is 1. The molecule has 0 saturated heterocycles. The molecule has 0 atom stereocenters. The van der Waals surface area contributed by atoms with Crippen LogP contribution in [0, 0.1) is 5.41 Å². The summed E-state index contributed by atoms with van der Waals surface area (Å²) in [6.45, 7) is 5.23. The minimum atomic E-state index is 0.0256. The van der Waals surface area contributed by atoms with Crippen molar-refractivity contribution < 1.29 is 4.84 Å². The van der Waals surface area contributed by atoms with Gasteiger partial charge in [0, 0.05) is 12.3 Å². The van der Waals surface area contributed by atoms with Crippen LogP contribution in [0.25, 0.3) is 0 Å². The van der Waals surface area contributed by atoms with Crippen LogP contribution in [0.5, 0.6) is 0 Å². The fraction of sp³-hybridized carbons (Fsp3) is 0.200. The van der Waals surface area contributed by atoms with Crippen LogP contribution in [0.3, 0.4) is 0 Å². The van der Waals surface area contributed by atoms with Crippen LogP contribution >= 0.6 is 0 Å². The second-order valence-corrected chi connectivity index (χ2v) is 2.60. The average molecular weight is 176 g/mol. The third-order valence-corrected chi connectivity index (χ3v) is 1.78. The van der Waals surface area contributed by atoms with Gasteiger partial charge in [0.05, 0.1) is 0 Å². The van der Waals surface area contributed by atoms with Crippen molar-refractivity contribution in [3.05, 3.63) is 35.4 Å². The summed E-state index contributed by atoms with van der Waals surface area (Å²) in [5, 5.41) is 10.6. The molecule has 0 saturated carbocycles. The molecule has 0 unspecified atom stereocenters. The molecule has 0 aliphatic heterocycles. The molecule has 1 N–H and O–H groups in total. The fourth-order valence-corrected chi connectivity index (χ4v) is 1.01. The minimum absolute atomic E-state index is 0.0256. The van der Waals surface area contributed by atoms with Crippen molar-refractivity contribution in [1.29, 1.82) is 5.41 Å². The first-order valence-corrected chi connectivity index (χ1v) is 4.08. The molecule has 0 radical (unpaired) electrons. The Kier molecular flexibility index (Phi) is 3.20. The number of nitrogens with zero attached hydrogens (tertiary/aromatic N) is 1. The molecular formula is C10H12N2O. The van der Waals surface area contributed by atoms with E-state index in [1.54, 1.807) is 0 Å². The number of nitrogens with one attached hydrogen (secondary N) is 1. The van der Waals surface area contributed by atoms with Gasteiger partial charge in [-0.1, -0.05) is 24.2 Å². The molecule has 68 valence electrons.